The van der Waals surface area contributed by atoms with Crippen molar-refractivity contribution in [3.05, 3.63) is 59.9 Å². The fraction of sp³-hybridized carbons (Fsp3) is 0.294. The highest BCUT2D eigenvalue weighted by Gasteiger charge is 2.19. The lowest BCUT2D eigenvalue weighted by molar-refractivity contribution is 0.535. The first-order valence-corrected chi connectivity index (χ1v) is 7.01. The van der Waals surface area contributed by atoms with Crippen molar-refractivity contribution in [3.8, 4) is 0 Å². The second-order valence-corrected chi connectivity index (χ2v) is 5.47. The zero-order chi connectivity index (χ0) is 13.9. The standard InChI is InChI=1S/C17H19FN2/c1-20(16-7-4-6-15(18)10-16)12-13-9-14-5-2-3-8-17(14)19-11-13/h2-8,10,13,19H,9,11-12H2,1H3. The van der Waals surface area contributed by atoms with Crippen molar-refractivity contribution in [2.24, 2.45) is 5.92 Å². The fourth-order valence-corrected chi connectivity index (χ4v) is 2.84. The van der Waals surface area contributed by atoms with Crippen LogP contribution in [0.3, 0.4) is 0 Å². The lowest BCUT2D eigenvalue weighted by Crippen LogP contribution is -2.33. The molecule has 1 aliphatic rings. The predicted molar refractivity (Wildman–Crippen MR) is 81.8 cm³/mol. The molecule has 1 heterocycles. The van der Waals surface area contributed by atoms with Crippen molar-refractivity contribution in [3.63, 3.8) is 0 Å². The van der Waals surface area contributed by atoms with Gasteiger partial charge in [0.15, 0.2) is 0 Å². The third-order valence-corrected chi connectivity index (χ3v) is 3.89. The van der Waals surface area contributed by atoms with Gasteiger partial charge < -0.3 is 10.2 Å². The number of rotatable bonds is 3. The molecule has 0 radical (unpaired) electrons. The lowest BCUT2D eigenvalue weighted by Gasteiger charge is -2.30. The molecule has 0 bridgehead atoms. The molecule has 2 nitrogen and oxygen atoms in total. The second kappa shape index (κ2) is 5.53. The Morgan fingerprint density at radius 3 is 2.90 bits per heavy atom. The van der Waals surface area contributed by atoms with Crippen LogP contribution in [0.2, 0.25) is 0 Å². The van der Waals surface area contributed by atoms with E-state index in [4.69, 9.17) is 0 Å². The number of nitrogens with zero attached hydrogens (tertiary/aromatic N) is 1. The van der Waals surface area contributed by atoms with Gasteiger partial charge in [-0.2, -0.15) is 0 Å². The molecule has 3 rings (SSSR count). The Bertz CT molecular complexity index is 597. The number of hydrogen-bond acceptors (Lipinski definition) is 2. The summed E-state index contributed by atoms with van der Waals surface area (Å²) in [6.45, 7) is 1.89. The maximum atomic E-state index is 13.3. The normalized spacial score (nSPS) is 17.2. The van der Waals surface area contributed by atoms with Gasteiger partial charge in [-0.3, -0.25) is 0 Å². The Morgan fingerprint density at radius 2 is 2.05 bits per heavy atom. The Kier molecular flexibility index (Phi) is 3.59. The summed E-state index contributed by atoms with van der Waals surface area (Å²) in [7, 11) is 2.02. The minimum absolute atomic E-state index is 0.179. The van der Waals surface area contributed by atoms with Gasteiger partial charge in [-0.1, -0.05) is 24.3 Å². The van der Waals surface area contributed by atoms with Crippen LogP contribution in [-0.4, -0.2) is 20.1 Å². The van der Waals surface area contributed by atoms with Gasteiger partial charge in [-0.05, 0) is 42.2 Å². The first-order chi connectivity index (χ1) is 9.72. The third kappa shape index (κ3) is 2.77. The van der Waals surface area contributed by atoms with E-state index < -0.39 is 0 Å². The lowest BCUT2D eigenvalue weighted by atomic mass is 9.93. The number of nitrogens with one attached hydrogen (secondary N) is 1. The number of para-hydroxylation sites is 1. The molecule has 3 heteroatoms. The first kappa shape index (κ1) is 13.0. The van der Waals surface area contributed by atoms with Gasteiger partial charge in [0, 0.05) is 31.5 Å². The van der Waals surface area contributed by atoms with E-state index in [0.717, 1.165) is 25.2 Å². The van der Waals surface area contributed by atoms with E-state index in [1.54, 1.807) is 12.1 Å². The molecule has 20 heavy (non-hydrogen) atoms. The van der Waals surface area contributed by atoms with E-state index in [-0.39, 0.29) is 5.82 Å². The van der Waals surface area contributed by atoms with Crippen LogP contribution in [0.25, 0.3) is 0 Å². The average Bonchev–Trinajstić information content (AvgIpc) is 2.47. The monoisotopic (exact) mass is 270 g/mol. The summed E-state index contributed by atoms with van der Waals surface area (Å²) in [4.78, 5) is 2.13. The number of hydrogen-bond donors (Lipinski definition) is 1. The van der Waals surface area contributed by atoms with Crippen molar-refractivity contribution in [2.45, 2.75) is 6.42 Å². The Labute approximate surface area is 119 Å². The molecule has 1 N–H and O–H groups in total. The molecule has 0 spiro atoms. The molecule has 0 fully saturated rings. The summed E-state index contributed by atoms with van der Waals surface area (Å²) in [5, 5.41) is 3.48. The molecular formula is C17H19FN2. The highest BCUT2D eigenvalue weighted by molar-refractivity contribution is 5.53. The number of halogens is 1. The van der Waals surface area contributed by atoms with Crippen LogP contribution < -0.4 is 10.2 Å². The fourth-order valence-electron chi connectivity index (χ4n) is 2.84. The molecule has 2 aromatic rings. The zero-order valence-electron chi connectivity index (χ0n) is 11.6. The van der Waals surface area contributed by atoms with Gasteiger partial charge in [-0.15, -0.1) is 0 Å². The predicted octanol–water partition coefficient (Wildman–Crippen LogP) is 3.55. The third-order valence-electron chi connectivity index (χ3n) is 3.89. The van der Waals surface area contributed by atoms with Gasteiger partial charge in [0.1, 0.15) is 5.82 Å². The molecular weight excluding hydrogens is 251 g/mol. The van der Waals surface area contributed by atoms with Crippen LogP contribution in [0.4, 0.5) is 15.8 Å². The molecule has 0 aliphatic carbocycles. The Balaban J connectivity index is 1.67. The number of benzene rings is 2. The number of anilines is 2. The van der Waals surface area contributed by atoms with E-state index in [2.05, 4.69) is 34.5 Å². The zero-order valence-corrected chi connectivity index (χ0v) is 11.6. The number of fused-ring (bicyclic) bond motifs is 1. The quantitative estimate of drug-likeness (QED) is 0.917. The SMILES string of the molecule is CN(CC1CNc2ccccc2C1)c1cccc(F)c1. The maximum Gasteiger partial charge on any atom is 0.125 e. The van der Waals surface area contributed by atoms with Crippen molar-refractivity contribution in [1.82, 2.24) is 0 Å². The van der Waals surface area contributed by atoms with E-state index >= 15 is 0 Å². The summed E-state index contributed by atoms with van der Waals surface area (Å²) in [5.74, 6) is 0.361. The van der Waals surface area contributed by atoms with Crippen LogP contribution in [0.15, 0.2) is 48.5 Å². The van der Waals surface area contributed by atoms with Gasteiger partial charge >= 0.3 is 0 Å². The van der Waals surface area contributed by atoms with E-state index in [9.17, 15) is 4.39 Å². The van der Waals surface area contributed by atoms with Crippen LogP contribution in [-0.2, 0) is 6.42 Å². The van der Waals surface area contributed by atoms with Gasteiger partial charge in [0.25, 0.3) is 0 Å². The molecule has 0 amide bonds. The summed E-state index contributed by atoms with van der Waals surface area (Å²) < 4.78 is 13.3. The molecule has 0 saturated carbocycles. The van der Waals surface area contributed by atoms with Crippen LogP contribution in [0, 0.1) is 11.7 Å². The van der Waals surface area contributed by atoms with Crippen molar-refractivity contribution in [2.75, 3.05) is 30.4 Å². The van der Waals surface area contributed by atoms with E-state index in [1.165, 1.54) is 17.3 Å². The van der Waals surface area contributed by atoms with Crippen molar-refractivity contribution in [1.29, 1.82) is 0 Å². The highest BCUT2D eigenvalue weighted by Crippen LogP contribution is 2.25. The van der Waals surface area contributed by atoms with Gasteiger partial charge in [-0.25, -0.2) is 4.39 Å². The van der Waals surface area contributed by atoms with Crippen LogP contribution in [0.5, 0.6) is 0 Å². The molecule has 0 aromatic heterocycles. The molecule has 0 saturated heterocycles. The molecule has 1 atom stereocenters. The minimum Gasteiger partial charge on any atom is -0.384 e. The molecule has 104 valence electrons. The van der Waals surface area contributed by atoms with Crippen molar-refractivity contribution >= 4 is 11.4 Å². The van der Waals surface area contributed by atoms with E-state index in [1.807, 2.05) is 13.1 Å². The van der Waals surface area contributed by atoms with E-state index in [0.29, 0.717) is 5.92 Å². The molecule has 1 unspecified atom stereocenters. The highest BCUT2D eigenvalue weighted by atomic mass is 19.1. The smallest absolute Gasteiger partial charge is 0.125 e. The van der Waals surface area contributed by atoms with Gasteiger partial charge in [0.05, 0.1) is 0 Å². The molecule has 2 aromatic carbocycles. The second-order valence-electron chi connectivity index (χ2n) is 5.47. The topological polar surface area (TPSA) is 15.3 Å². The Hall–Kier alpha value is -2.03. The minimum atomic E-state index is -0.179. The largest absolute Gasteiger partial charge is 0.384 e. The van der Waals surface area contributed by atoms with Crippen LogP contribution in [0.1, 0.15) is 5.56 Å². The average molecular weight is 270 g/mol. The van der Waals surface area contributed by atoms with Crippen LogP contribution >= 0.6 is 0 Å². The summed E-state index contributed by atoms with van der Waals surface area (Å²) in [5.41, 5.74) is 3.55. The summed E-state index contributed by atoms with van der Waals surface area (Å²) in [6.07, 6.45) is 1.07. The van der Waals surface area contributed by atoms with Crippen molar-refractivity contribution < 1.29 is 4.39 Å². The summed E-state index contributed by atoms with van der Waals surface area (Å²) in [6, 6.07) is 15.2. The first-order valence-electron chi connectivity index (χ1n) is 7.01. The van der Waals surface area contributed by atoms with Gasteiger partial charge in [0.2, 0.25) is 0 Å². The molecule has 1 aliphatic heterocycles. The maximum absolute atomic E-state index is 13.3. The summed E-state index contributed by atoms with van der Waals surface area (Å²) >= 11 is 0. The Morgan fingerprint density at radius 1 is 1.20 bits per heavy atom.